The molecular weight excluding hydrogens is 265 g/mol. The van der Waals surface area contributed by atoms with Crippen molar-refractivity contribution in [2.75, 3.05) is 20.3 Å². The monoisotopic (exact) mass is 277 g/mol. The smallest absolute Gasteiger partial charge is 0.409 e. The van der Waals surface area contributed by atoms with Gasteiger partial charge in [-0.15, -0.1) is 0 Å². The summed E-state index contributed by atoms with van der Waals surface area (Å²) in [4.78, 5) is 12.8. The van der Waals surface area contributed by atoms with E-state index in [4.69, 9.17) is 33.0 Å². The van der Waals surface area contributed by atoms with Crippen LogP contribution in [0.3, 0.4) is 0 Å². The van der Waals surface area contributed by atoms with Gasteiger partial charge in [-0.2, -0.15) is 0 Å². The van der Waals surface area contributed by atoms with Crippen LogP contribution in [0.2, 0.25) is 10.0 Å². The molecule has 0 aliphatic heterocycles. The predicted octanol–water partition coefficient (Wildman–Crippen LogP) is 2.55. The molecule has 1 N–H and O–H groups in total. The van der Waals surface area contributed by atoms with E-state index >= 15 is 0 Å². The first-order valence-corrected chi connectivity index (χ1v) is 5.72. The molecule has 94 valence electrons. The lowest BCUT2D eigenvalue weighted by molar-refractivity contribution is 0.0894. The van der Waals surface area contributed by atoms with Gasteiger partial charge in [-0.05, 0) is 23.8 Å². The highest BCUT2D eigenvalue weighted by molar-refractivity contribution is 6.34. The molecule has 0 heterocycles. The van der Waals surface area contributed by atoms with Crippen molar-refractivity contribution in [1.82, 2.24) is 4.90 Å². The first kappa shape index (κ1) is 14.1. The van der Waals surface area contributed by atoms with Crippen LogP contribution >= 0.6 is 23.2 Å². The normalized spacial score (nSPS) is 10.1. The highest BCUT2D eigenvalue weighted by atomic mass is 35.5. The molecule has 1 rings (SSSR count). The topological polar surface area (TPSA) is 49.8 Å². The number of benzene rings is 1. The standard InChI is InChI=1S/C11H13Cl2NO3/c1-14(11(16)17-3-2-15)7-8-4-9(12)6-10(13)5-8/h4-6,15H,2-3,7H2,1H3. The summed E-state index contributed by atoms with van der Waals surface area (Å²) in [5, 5.41) is 9.57. The Labute approximate surface area is 110 Å². The number of halogens is 2. The molecule has 4 nitrogen and oxygen atoms in total. The summed E-state index contributed by atoms with van der Waals surface area (Å²) >= 11 is 11.7. The Morgan fingerprint density at radius 3 is 2.47 bits per heavy atom. The van der Waals surface area contributed by atoms with E-state index in [1.807, 2.05) is 0 Å². The van der Waals surface area contributed by atoms with Gasteiger partial charge >= 0.3 is 6.09 Å². The van der Waals surface area contributed by atoms with Gasteiger partial charge in [-0.3, -0.25) is 0 Å². The quantitative estimate of drug-likeness (QED) is 0.920. The minimum absolute atomic E-state index is 0.0144. The third-order valence-electron chi connectivity index (χ3n) is 1.97. The molecule has 1 aromatic carbocycles. The van der Waals surface area contributed by atoms with Crippen LogP contribution in [0.5, 0.6) is 0 Å². The first-order valence-electron chi connectivity index (χ1n) is 4.96. The number of ether oxygens (including phenoxy) is 1. The van der Waals surface area contributed by atoms with Gasteiger partial charge in [-0.1, -0.05) is 23.2 Å². The van der Waals surface area contributed by atoms with Gasteiger partial charge < -0.3 is 14.7 Å². The zero-order chi connectivity index (χ0) is 12.8. The Balaban J connectivity index is 2.60. The Hall–Kier alpha value is -0.970. The molecule has 0 saturated carbocycles. The Bertz CT molecular complexity index is 378. The first-order chi connectivity index (χ1) is 8.02. The summed E-state index contributed by atoms with van der Waals surface area (Å²) < 4.78 is 4.76. The molecule has 0 fully saturated rings. The lowest BCUT2D eigenvalue weighted by Gasteiger charge is -2.17. The summed E-state index contributed by atoms with van der Waals surface area (Å²) in [7, 11) is 1.59. The molecule has 0 unspecified atom stereocenters. The zero-order valence-corrected chi connectivity index (χ0v) is 10.8. The largest absolute Gasteiger partial charge is 0.447 e. The Kier molecular flexibility index (Phi) is 5.55. The van der Waals surface area contributed by atoms with Crippen molar-refractivity contribution in [3.63, 3.8) is 0 Å². The minimum Gasteiger partial charge on any atom is -0.447 e. The van der Waals surface area contributed by atoms with E-state index < -0.39 is 6.09 Å². The van der Waals surface area contributed by atoms with E-state index in [0.717, 1.165) is 5.56 Å². The van der Waals surface area contributed by atoms with Gasteiger partial charge in [-0.25, -0.2) is 4.79 Å². The molecule has 0 aliphatic rings. The number of carbonyl (C=O) groups excluding carboxylic acids is 1. The molecule has 0 bridgehead atoms. The van der Waals surface area contributed by atoms with Crippen molar-refractivity contribution in [3.8, 4) is 0 Å². The van der Waals surface area contributed by atoms with Gasteiger partial charge in [0, 0.05) is 23.6 Å². The minimum atomic E-state index is -0.504. The molecule has 0 spiro atoms. The van der Waals surface area contributed by atoms with E-state index in [-0.39, 0.29) is 13.2 Å². The van der Waals surface area contributed by atoms with E-state index in [2.05, 4.69) is 0 Å². The third-order valence-corrected chi connectivity index (χ3v) is 2.41. The average Bonchev–Trinajstić information content (AvgIpc) is 2.24. The molecule has 1 aromatic rings. The highest BCUT2D eigenvalue weighted by Crippen LogP contribution is 2.20. The molecular formula is C11H13Cl2NO3. The number of aliphatic hydroxyl groups excluding tert-OH is 1. The Morgan fingerprint density at radius 2 is 1.94 bits per heavy atom. The van der Waals surface area contributed by atoms with Crippen molar-refractivity contribution >= 4 is 29.3 Å². The fourth-order valence-corrected chi connectivity index (χ4v) is 1.86. The van der Waals surface area contributed by atoms with Crippen molar-refractivity contribution in [1.29, 1.82) is 0 Å². The number of aliphatic hydroxyl groups is 1. The van der Waals surface area contributed by atoms with E-state index in [1.165, 1.54) is 4.90 Å². The summed E-state index contributed by atoms with van der Waals surface area (Å²) in [6, 6.07) is 5.07. The maximum atomic E-state index is 11.4. The number of rotatable bonds is 4. The van der Waals surface area contributed by atoms with Gasteiger partial charge in [0.1, 0.15) is 6.61 Å². The third kappa shape index (κ3) is 4.81. The molecule has 0 radical (unpaired) electrons. The summed E-state index contributed by atoms with van der Waals surface area (Å²) in [5.74, 6) is 0. The summed E-state index contributed by atoms with van der Waals surface area (Å²) in [6.07, 6.45) is -0.504. The second kappa shape index (κ2) is 6.69. The summed E-state index contributed by atoms with van der Waals surface area (Å²) in [6.45, 7) is 0.132. The SMILES string of the molecule is CN(Cc1cc(Cl)cc(Cl)c1)C(=O)OCCO. The highest BCUT2D eigenvalue weighted by Gasteiger charge is 2.10. The van der Waals surface area contributed by atoms with E-state index in [0.29, 0.717) is 16.6 Å². The predicted molar refractivity (Wildman–Crippen MR) is 66.4 cm³/mol. The van der Waals surface area contributed by atoms with Crippen LogP contribution in [-0.2, 0) is 11.3 Å². The van der Waals surface area contributed by atoms with Crippen molar-refractivity contribution in [2.24, 2.45) is 0 Å². The van der Waals surface area contributed by atoms with Crippen LogP contribution < -0.4 is 0 Å². The van der Waals surface area contributed by atoms with Gasteiger partial charge in [0.15, 0.2) is 0 Å². The van der Waals surface area contributed by atoms with Crippen molar-refractivity contribution in [2.45, 2.75) is 6.54 Å². The fourth-order valence-electron chi connectivity index (χ4n) is 1.28. The number of hydrogen-bond acceptors (Lipinski definition) is 3. The van der Waals surface area contributed by atoms with Crippen LogP contribution in [0.15, 0.2) is 18.2 Å². The maximum Gasteiger partial charge on any atom is 0.409 e. The molecule has 0 aromatic heterocycles. The van der Waals surface area contributed by atoms with Crippen molar-refractivity contribution < 1.29 is 14.6 Å². The molecule has 0 saturated heterocycles. The average molecular weight is 278 g/mol. The lowest BCUT2D eigenvalue weighted by Crippen LogP contribution is -2.27. The van der Waals surface area contributed by atoms with Crippen LogP contribution in [0, 0.1) is 0 Å². The number of hydrogen-bond donors (Lipinski definition) is 1. The number of nitrogens with zero attached hydrogens (tertiary/aromatic N) is 1. The van der Waals surface area contributed by atoms with Crippen molar-refractivity contribution in [3.05, 3.63) is 33.8 Å². The van der Waals surface area contributed by atoms with Gasteiger partial charge in [0.2, 0.25) is 0 Å². The van der Waals surface area contributed by atoms with Gasteiger partial charge in [0.25, 0.3) is 0 Å². The molecule has 0 aliphatic carbocycles. The zero-order valence-electron chi connectivity index (χ0n) is 9.32. The number of carbonyl (C=O) groups is 1. The maximum absolute atomic E-state index is 11.4. The Morgan fingerprint density at radius 1 is 1.35 bits per heavy atom. The van der Waals surface area contributed by atoms with Crippen LogP contribution in [0.1, 0.15) is 5.56 Å². The lowest BCUT2D eigenvalue weighted by atomic mass is 10.2. The summed E-state index contributed by atoms with van der Waals surface area (Å²) in [5.41, 5.74) is 0.811. The van der Waals surface area contributed by atoms with E-state index in [1.54, 1.807) is 25.2 Å². The second-order valence-corrected chi connectivity index (χ2v) is 4.34. The van der Waals surface area contributed by atoms with Crippen LogP contribution in [0.25, 0.3) is 0 Å². The van der Waals surface area contributed by atoms with Crippen LogP contribution in [-0.4, -0.2) is 36.4 Å². The molecule has 17 heavy (non-hydrogen) atoms. The fraction of sp³-hybridized carbons (Fsp3) is 0.364. The molecule has 1 amide bonds. The number of amides is 1. The van der Waals surface area contributed by atoms with E-state index in [9.17, 15) is 4.79 Å². The van der Waals surface area contributed by atoms with Gasteiger partial charge in [0.05, 0.1) is 6.61 Å². The molecule has 6 heteroatoms. The molecule has 0 atom stereocenters. The van der Waals surface area contributed by atoms with Crippen LogP contribution in [0.4, 0.5) is 4.79 Å². The second-order valence-electron chi connectivity index (χ2n) is 3.47.